The summed E-state index contributed by atoms with van der Waals surface area (Å²) in [6.45, 7) is 0.172. The van der Waals surface area contributed by atoms with Crippen LogP contribution in [0.2, 0.25) is 5.02 Å². The van der Waals surface area contributed by atoms with E-state index in [2.05, 4.69) is 20.8 Å². The number of nitrogens with one attached hydrogen (secondary N) is 2. The Kier molecular flexibility index (Phi) is 7.54. The maximum Gasteiger partial charge on any atom is 0.445 e. The molecule has 0 saturated heterocycles. The third-order valence-electron chi connectivity index (χ3n) is 3.21. The zero-order valence-electron chi connectivity index (χ0n) is 14.3. The number of carbonyl (C=O) groups excluding carboxylic acids is 2. The maximum atomic E-state index is 12.5. The molecule has 151 valence electrons. The molecule has 2 rings (SSSR count). The van der Waals surface area contributed by atoms with Gasteiger partial charge in [0.2, 0.25) is 16.0 Å². The number of hydrogen-bond acceptors (Lipinski definition) is 7. The van der Waals surface area contributed by atoms with Crippen molar-refractivity contribution in [3.8, 4) is 0 Å². The van der Waals surface area contributed by atoms with Crippen molar-refractivity contribution in [1.29, 1.82) is 0 Å². The van der Waals surface area contributed by atoms with Gasteiger partial charge in [0, 0.05) is 18.6 Å². The molecule has 0 spiro atoms. The summed E-state index contributed by atoms with van der Waals surface area (Å²) in [5.41, 5.74) is 0.693. The molecular formula is C15H14ClF3N5O3S. The van der Waals surface area contributed by atoms with E-state index in [1.54, 1.807) is 24.3 Å². The van der Waals surface area contributed by atoms with Gasteiger partial charge < -0.3 is 4.74 Å². The van der Waals surface area contributed by atoms with E-state index in [-0.39, 0.29) is 24.3 Å². The molecule has 1 heterocycles. The fraction of sp³-hybridized carbons (Fsp3) is 0.333. The first kappa shape index (κ1) is 21.9. The first-order valence-electron chi connectivity index (χ1n) is 7.67. The minimum absolute atomic E-state index is 0.143. The van der Waals surface area contributed by atoms with E-state index in [9.17, 15) is 22.8 Å². The van der Waals surface area contributed by atoms with Gasteiger partial charge in [-0.3, -0.25) is 20.7 Å². The molecule has 2 aromatic rings. The van der Waals surface area contributed by atoms with Crippen LogP contribution in [0.4, 0.5) is 23.1 Å². The first-order chi connectivity index (χ1) is 13.2. The van der Waals surface area contributed by atoms with Crippen molar-refractivity contribution in [3.05, 3.63) is 39.9 Å². The van der Waals surface area contributed by atoms with Crippen LogP contribution in [-0.2, 0) is 22.3 Å². The predicted octanol–water partition coefficient (Wildman–Crippen LogP) is 3.03. The predicted molar refractivity (Wildman–Crippen MR) is 94.8 cm³/mol. The van der Waals surface area contributed by atoms with E-state index in [4.69, 9.17) is 16.3 Å². The molecule has 2 N–H and O–H groups in total. The van der Waals surface area contributed by atoms with Gasteiger partial charge >= 0.3 is 12.3 Å². The lowest BCUT2D eigenvalue weighted by molar-refractivity contribution is -0.138. The lowest BCUT2D eigenvalue weighted by atomic mass is 10.2. The van der Waals surface area contributed by atoms with E-state index >= 15 is 0 Å². The first-order valence-corrected chi connectivity index (χ1v) is 8.86. The number of nitrogens with zero attached hydrogens (tertiary/aromatic N) is 3. The molecule has 1 unspecified atom stereocenters. The Labute approximate surface area is 166 Å². The topological polar surface area (TPSA) is 107 Å². The van der Waals surface area contributed by atoms with Crippen LogP contribution in [0.3, 0.4) is 0 Å². The molecule has 0 aliphatic heterocycles. The molecule has 13 heteroatoms. The van der Waals surface area contributed by atoms with Gasteiger partial charge in [0.25, 0.3) is 0 Å². The fourth-order valence-corrected chi connectivity index (χ4v) is 2.70. The van der Waals surface area contributed by atoms with Crippen LogP contribution in [0.15, 0.2) is 24.3 Å². The largest absolute Gasteiger partial charge is 0.445 e. The van der Waals surface area contributed by atoms with Crippen LogP contribution in [0.25, 0.3) is 0 Å². The molecule has 1 atom stereocenters. The van der Waals surface area contributed by atoms with Gasteiger partial charge in [0.1, 0.15) is 0 Å². The molecular weight excluding hydrogens is 423 g/mol. The third kappa shape index (κ3) is 6.62. The summed E-state index contributed by atoms with van der Waals surface area (Å²) in [6.07, 6.45) is -7.15. The van der Waals surface area contributed by atoms with Crippen molar-refractivity contribution in [2.75, 3.05) is 12.4 Å². The smallest absolute Gasteiger partial charge is 0.430 e. The van der Waals surface area contributed by atoms with Crippen molar-refractivity contribution >= 4 is 40.1 Å². The molecule has 1 aromatic carbocycles. The number of rotatable bonds is 7. The summed E-state index contributed by atoms with van der Waals surface area (Å²) < 4.78 is 42.6. The van der Waals surface area contributed by atoms with Gasteiger partial charge in [-0.25, -0.2) is 4.79 Å². The Morgan fingerprint density at radius 2 is 2.04 bits per heavy atom. The van der Waals surface area contributed by atoms with Crippen molar-refractivity contribution in [1.82, 2.24) is 20.8 Å². The summed E-state index contributed by atoms with van der Waals surface area (Å²) in [7, 11) is 1.29. The van der Waals surface area contributed by atoms with Gasteiger partial charge in [0.15, 0.2) is 6.23 Å². The minimum Gasteiger partial charge on any atom is -0.430 e. The average molecular weight is 437 g/mol. The maximum absolute atomic E-state index is 12.5. The van der Waals surface area contributed by atoms with Crippen LogP contribution in [0.1, 0.15) is 17.0 Å². The number of benzene rings is 1. The minimum atomic E-state index is -4.67. The molecule has 0 bridgehead atoms. The van der Waals surface area contributed by atoms with Gasteiger partial charge in [-0.2, -0.15) is 13.2 Å². The van der Waals surface area contributed by atoms with Crippen molar-refractivity contribution in [2.45, 2.75) is 25.4 Å². The van der Waals surface area contributed by atoms with Crippen LogP contribution < -0.4 is 16.0 Å². The molecule has 0 aliphatic rings. The van der Waals surface area contributed by atoms with Crippen molar-refractivity contribution < 1.29 is 27.5 Å². The number of halogens is 4. The van der Waals surface area contributed by atoms with E-state index in [1.807, 2.05) is 5.32 Å². The molecule has 2 amide bonds. The molecule has 0 aliphatic carbocycles. The zero-order chi connectivity index (χ0) is 20.7. The lowest BCUT2D eigenvalue weighted by Gasteiger charge is -2.18. The number of amides is 2. The highest BCUT2D eigenvalue weighted by molar-refractivity contribution is 7.15. The molecule has 1 radical (unpaired) electrons. The number of anilines is 1. The molecule has 0 saturated carbocycles. The van der Waals surface area contributed by atoms with Crippen molar-refractivity contribution in [2.24, 2.45) is 0 Å². The van der Waals surface area contributed by atoms with Gasteiger partial charge in [-0.1, -0.05) is 41.1 Å². The Morgan fingerprint density at radius 1 is 1.32 bits per heavy atom. The van der Waals surface area contributed by atoms with E-state index < -0.39 is 34.5 Å². The van der Waals surface area contributed by atoms with Gasteiger partial charge in [-0.05, 0) is 11.6 Å². The summed E-state index contributed by atoms with van der Waals surface area (Å²) in [5, 5.41) is 13.4. The van der Waals surface area contributed by atoms with Crippen molar-refractivity contribution in [3.63, 3.8) is 0 Å². The molecule has 0 fully saturated rings. The zero-order valence-corrected chi connectivity index (χ0v) is 15.9. The quantitative estimate of drug-likeness (QED) is 0.646. The Morgan fingerprint density at radius 3 is 2.64 bits per heavy atom. The fourth-order valence-electron chi connectivity index (χ4n) is 1.91. The molecule has 8 nitrogen and oxygen atoms in total. The van der Waals surface area contributed by atoms with Crippen LogP contribution >= 0.6 is 22.9 Å². The third-order valence-corrected chi connectivity index (χ3v) is 4.47. The number of ether oxygens (including phenoxy) is 1. The summed E-state index contributed by atoms with van der Waals surface area (Å²) in [4.78, 5) is 23.5. The number of hydrogen-bond donors (Lipinski definition) is 2. The second kappa shape index (κ2) is 9.66. The summed E-state index contributed by atoms with van der Waals surface area (Å²) >= 11 is 6.18. The Balaban J connectivity index is 1.98. The highest BCUT2D eigenvalue weighted by Crippen LogP contribution is 2.33. The van der Waals surface area contributed by atoms with E-state index in [0.29, 0.717) is 10.6 Å². The molecule has 28 heavy (non-hydrogen) atoms. The Bertz CT molecular complexity index is 833. The average Bonchev–Trinajstić information content (AvgIpc) is 3.09. The molecule has 1 aromatic heterocycles. The number of carbonyl (C=O) groups is 2. The van der Waals surface area contributed by atoms with E-state index in [1.165, 1.54) is 7.05 Å². The van der Waals surface area contributed by atoms with Crippen LogP contribution in [0.5, 0.6) is 0 Å². The Hall–Kier alpha value is -2.44. The monoisotopic (exact) mass is 436 g/mol. The summed E-state index contributed by atoms with van der Waals surface area (Å²) in [5.74, 6) is -0.542. The SMILES string of the molecule is C[N]C(=O)CC(NCc1ccccc1Cl)OC(=O)Nc1nnc(C(F)(F)F)s1. The van der Waals surface area contributed by atoms with Crippen LogP contribution in [0, 0.1) is 0 Å². The highest BCUT2D eigenvalue weighted by atomic mass is 35.5. The highest BCUT2D eigenvalue weighted by Gasteiger charge is 2.36. The van der Waals surface area contributed by atoms with Gasteiger partial charge in [-0.15, -0.1) is 10.2 Å². The van der Waals surface area contributed by atoms with Crippen LogP contribution in [-0.4, -0.2) is 35.5 Å². The second-order valence-electron chi connectivity index (χ2n) is 5.22. The summed E-state index contributed by atoms with van der Waals surface area (Å²) in [6, 6.07) is 6.90. The lowest BCUT2D eigenvalue weighted by Crippen LogP contribution is -2.38. The van der Waals surface area contributed by atoms with E-state index in [0.717, 1.165) is 0 Å². The standard InChI is InChI=1S/C15H14ClF3N5O3S/c1-20-10(25)6-11(21-7-8-4-2-3-5-9(8)16)27-14(26)22-13-24-23-12(28-13)15(17,18)19/h2-5,11,21H,6-7H2,1H3,(H,22,24,26). The number of aromatic nitrogens is 2. The second-order valence-corrected chi connectivity index (χ2v) is 6.61. The number of alkyl halides is 3. The normalized spacial score (nSPS) is 12.3. The van der Waals surface area contributed by atoms with Gasteiger partial charge in [0.05, 0.1) is 6.42 Å².